The molecule has 0 radical (unpaired) electrons. The van der Waals surface area contributed by atoms with Crippen LogP contribution in [0.1, 0.15) is 10.4 Å². The maximum Gasteiger partial charge on any atom is 0.262 e. The van der Waals surface area contributed by atoms with Crippen molar-refractivity contribution in [3.63, 3.8) is 0 Å². The maximum absolute atomic E-state index is 12.2. The van der Waals surface area contributed by atoms with E-state index < -0.39 is 0 Å². The summed E-state index contributed by atoms with van der Waals surface area (Å²) in [6.45, 7) is -0.118. The highest BCUT2D eigenvalue weighted by molar-refractivity contribution is 5.99. The first-order valence-corrected chi connectivity index (χ1v) is 7.38. The highest BCUT2D eigenvalue weighted by Gasteiger charge is 2.15. The Balaban J connectivity index is 2.05. The van der Waals surface area contributed by atoms with Crippen LogP contribution in [-0.2, 0) is 4.79 Å². The van der Waals surface area contributed by atoms with Crippen molar-refractivity contribution in [2.45, 2.75) is 0 Å². The van der Waals surface area contributed by atoms with E-state index in [4.69, 9.17) is 9.47 Å². The third-order valence-electron chi connectivity index (χ3n) is 3.23. The Morgan fingerprint density at radius 2 is 1.79 bits per heavy atom. The Hall–Kier alpha value is -3.02. The van der Waals surface area contributed by atoms with Crippen LogP contribution in [0, 0.1) is 0 Å². The first kappa shape index (κ1) is 17.3. The fourth-order valence-electron chi connectivity index (χ4n) is 2.06. The normalized spacial score (nSPS) is 9.96. The zero-order valence-electron chi connectivity index (χ0n) is 13.9. The number of methoxy groups -OCH3 is 1. The van der Waals surface area contributed by atoms with Gasteiger partial charge in [0.05, 0.1) is 12.7 Å². The number of benzene rings is 2. The molecule has 0 aromatic heterocycles. The Labute approximate surface area is 141 Å². The number of amides is 2. The van der Waals surface area contributed by atoms with E-state index >= 15 is 0 Å². The summed E-state index contributed by atoms with van der Waals surface area (Å²) in [5.41, 5.74) is 0.881. The lowest BCUT2D eigenvalue weighted by Crippen LogP contribution is -2.23. The van der Waals surface area contributed by atoms with Gasteiger partial charge in [-0.2, -0.15) is 0 Å². The summed E-state index contributed by atoms with van der Waals surface area (Å²) in [6.07, 6.45) is 0. The number of para-hydroxylation sites is 1. The van der Waals surface area contributed by atoms with E-state index in [0.29, 0.717) is 22.7 Å². The molecule has 24 heavy (non-hydrogen) atoms. The number of anilines is 1. The molecule has 0 spiro atoms. The van der Waals surface area contributed by atoms with Gasteiger partial charge in [0, 0.05) is 19.8 Å². The molecule has 0 aliphatic heterocycles. The van der Waals surface area contributed by atoms with Gasteiger partial charge in [-0.25, -0.2) is 0 Å². The third-order valence-corrected chi connectivity index (χ3v) is 3.23. The SMILES string of the molecule is COc1ccc(NC(=O)COc2ccccc2)cc1C(=O)N(C)C. The second kappa shape index (κ2) is 8.01. The summed E-state index contributed by atoms with van der Waals surface area (Å²) < 4.78 is 10.6. The lowest BCUT2D eigenvalue weighted by atomic mass is 10.1. The van der Waals surface area contributed by atoms with Crippen LogP contribution in [0.4, 0.5) is 5.69 Å². The van der Waals surface area contributed by atoms with Crippen LogP contribution in [0.2, 0.25) is 0 Å². The Morgan fingerprint density at radius 3 is 2.42 bits per heavy atom. The molecule has 0 bridgehead atoms. The monoisotopic (exact) mass is 328 g/mol. The van der Waals surface area contributed by atoms with Gasteiger partial charge < -0.3 is 19.7 Å². The number of hydrogen-bond acceptors (Lipinski definition) is 4. The molecule has 0 saturated heterocycles. The molecule has 0 aliphatic rings. The van der Waals surface area contributed by atoms with Crippen LogP contribution in [0.15, 0.2) is 48.5 Å². The summed E-state index contributed by atoms with van der Waals surface area (Å²) in [5, 5.41) is 2.71. The minimum Gasteiger partial charge on any atom is -0.496 e. The fourth-order valence-corrected chi connectivity index (χ4v) is 2.06. The number of nitrogens with zero attached hydrogens (tertiary/aromatic N) is 1. The number of ether oxygens (including phenoxy) is 2. The predicted molar refractivity (Wildman–Crippen MR) is 91.6 cm³/mol. The van der Waals surface area contributed by atoms with Crippen LogP contribution in [0.3, 0.4) is 0 Å². The summed E-state index contributed by atoms with van der Waals surface area (Å²) in [6, 6.07) is 14.0. The van der Waals surface area contributed by atoms with Crippen molar-refractivity contribution in [1.82, 2.24) is 4.90 Å². The van der Waals surface area contributed by atoms with Crippen molar-refractivity contribution in [2.24, 2.45) is 0 Å². The minimum absolute atomic E-state index is 0.118. The molecule has 0 fully saturated rings. The zero-order valence-corrected chi connectivity index (χ0v) is 13.9. The number of hydrogen-bond donors (Lipinski definition) is 1. The number of nitrogens with one attached hydrogen (secondary N) is 1. The van der Waals surface area contributed by atoms with Gasteiger partial charge in [-0.3, -0.25) is 9.59 Å². The summed E-state index contributed by atoms with van der Waals surface area (Å²) in [7, 11) is 4.80. The molecule has 2 rings (SSSR count). The Kier molecular flexibility index (Phi) is 5.78. The summed E-state index contributed by atoms with van der Waals surface area (Å²) in [4.78, 5) is 25.6. The number of carbonyl (C=O) groups excluding carboxylic acids is 2. The van der Waals surface area contributed by atoms with E-state index in [1.54, 1.807) is 44.4 Å². The topological polar surface area (TPSA) is 67.9 Å². The van der Waals surface area contributed by atoms with Crippen LogP contribution in [0.25, 0.3) is 0 Å². The predicted octanol–water partition coefficient (Wildman–Crippen LogP) is 2.41. The molecule has 126 valence electrons. The smallest absolute Gasteiger partial charge is 0.262 e. The van der Waals surface area contributed by atoms with Gasteiger partial charge in [-0.1, -0.05) is 18.2 Å². The van der Waals surface area contributed by atoms with Crippen LogP contribution < -0.4 is 14.8 Å². The van der Waals surface area contributed by atoms with E-state index in [0.717, 1.165) is 0 Å². The molecule has 0 saturated carbocycles. The van der Waals surface area contributed by atoms with Gasteiger partial charge in [0.2, 0.25) is 0 Å². The largest absolute Gasteiger partial charge is 0.496 e. The van der Waals surface area contributed by atoms with Gasteiger partial charge in [-0.05, 0) is 30.3 Å². The van der Waals surface area contributed by atoms with Crippen molar-refractivity contribution >= 4 is 17.5 Å². The van der Waals surface area contributed by atoms with Crippen molar-refractivity contribution < 1.29 is 19.1 Å². The van der Waals surface area contributed by atoms with Crippen LogP contribution >= 0.6 is 0 Å². The van der Waals surface area contributed by atoms with Crippen LogP contribution in [-0.4, -0.2) is 44.5 Å². The van der Waals surface area contributed by atoms with Gasteiger partial charge >= 0.3 is 0 Å². The van der Waals surface area contributed by atoms with Gasteiger partial charge in [0.25, 0.3) is 11.8 Å². The molecule has 6 nitrogen and oxygen atoms in total. The molecule has 0 atom stereocenters. The quantitative estimate of drug-likeness (QED) is 0.884. The molecule has 2 aromatic rings. The second-order valence-corrected chi connectivity index (χ2v) is 5.26. The molecular weight excluding hydrogens is 308 g/mol. The highest BCUT2D eigenvalue weighted by atomic mass is 16.5. The highest BCUT2D eigenvalue weighted by Crippen LogP contribution is 2.23. The minimum atomic E-state index is -0.313. The standard InChI is InChI=1S/C18H20N2O4/c1-20(2)18(22)15-11-13(9-10-16(15)23-3)19-17(21)12-24-14-7-5-4-6-8-14/h4-11H,12H2,1-3H3,(H,19,21). The molecule has 0 aliphatic carbocycles. The van der Waals surface area contributed by atoms with Crippen molar-refractivity contribution in [3.8, 4) is 11.5 Å². The lowest BCUT2D eigenvalue weighted by molar-refractivity contribution is -0.118. The molecule has 6 heteroatoms. The average molecular weight is 328 g/mol. The van der Waals surface area contributed by atoms with Crippen LogP contribution in [0.5, 0.6) is 11.5 Å². The number of rotatable bonds is 6. The molecule has 0 unspecified atom stereocenters. The van der Waals surface area contributed by atoms with E-state index in [9.17, 15) is 9.59 Å². The average Bonchev–Trinajstić information content (AvgIpc) is 2.60. The first-order chi connectivity index (χ1) is 11.5. The van der Waals surface area contributed by atoms with E-state index in [1.165, 1.54) is 12.0 Å². The molecule has 2 amide bonds. The fraction of sp³-hybridized carbons (Fsp3) is 0.222. The van der Waals surface area contributed by atoms with Crippen molar-refractivity contribution in [3.05, 3.63) is 54.1 Å². The summed E-state index contributed by atoms with van der Waals surface area (Å²) in [5.74, 6) is 0.550. The summed E-state index contributed by atoms with van der Waals surface area (Å²) >= 11 is 0. The Morgan fingerprint density at radius 1 is 1.08 bits per heavy atom. The van der Waals surface area contributed by atoms with Gasteiger partial charge in [-0.15, -0.1) is 0 Å². The maximum atomic E-state index is 12.2. The van der Waals surface area contributed by atoms with E-state index in [2.05, 4.69) is 5.32 Å². The van der Waals surface area contributed by atoms with Gasteiger partial charge in [0.15, 0.2) is 6.61 Å². The second-order valence-electron chi connectivity index (χ2n) is 5.26. The number of carbonyl (C=O) groups is 2. The zero-order chi connectivity index (χ0) is 17.5. The van der Waals surface area contributed by atoms with E-state index in [-0.39, 0.29) is 18.4 Å². The first-order valence-electron chi connectivity index (χ1n) is 7.38. The third kappa shape index (κ3) is 4.49. The Bertz CT molecular complexity index is 714. The van der Waals surface area contributed by atoms with Crippen molar-refractivity contribution in [1.29, 1.82) is 0 Å². The van der Waals surface area contributed by atoms with Gasteiger partial charge in [0.1, 0.15) is 11.5 Å². The van der Waals surface area contributed by atoms with E-state index in [1.807, 2.05) is 18.2 Å². The molecule has 1 N–H and O–H groups in total. The lowest BCUT2D eigenvalue weighted by Gasteiger charge is -2.15. The molecule has 0 heterocycles. The van der Waals surface area contributed by atoms with Crippen molar-refractivity contribution in [2.75, 3.05) is 33.1 Å². The molecular formula is C18H20N2O4. The molecule has 2 aromatic carbocycles.